The molecule has 4 heterocycles. The number of hydrogen-bond donors (Lipinski definition) is 2. The van der Waals surface area contributed by atoms with E-state index in [1.54, 1.807) is 16.2 Å². The maximum Gasteiger partial charge on any atom is 0.330 e. The molecule has 5 rings (SSSR count). The summed E-state index contributed by atoms with van der Waals surface area (Å²) in [4.78, 5) is 31.9. The molecule has 0 saturated carbocycles. The van der Waals surface area contributed by atoms with Crippen molar-refractivity contribution in [3.05, 3.63) is 68.1 Å². The van der Waals surface area contributed by atoms with Gasteiger partial charge in [-0.25, -0.2) is 9.78 Å². The van der Waals surface area contributed by atoms with Gasteiger partial charge in [0.25, 0.3) is 5.56 Å². The molecule has 1 aliphatic heterocycles. The third-order valence-electron chi connectivity index (χ3n) is 6.33. The second-order valence-electron chi connectivity index (χ2n) is 10.3. The van der Waals surface area contributed by atoms with Crippen molar-refractivity contribution in [1.82, 2.24) is 24.2 Å². The van der Waals surface area contributed by atoms with E-state index >= 15 is 0 Å². The van der Waals surface area contributed by atoms with Gasteiger partial charge in [0.2, 0.25) is 0 Å². The van der Waals surface area contributed by atoms with Crippen molar-refractivity contribution < 1.29 is 4.52 Å². The second-order valence-corrected chi connectivity index (χ2v) is 10.3. The van der Waals surface area contributed by atoms with Crippen LogP contribution in [-0.4, -0.2) is 30.7 Å². The largest absolute Gasteiger partial charge is 0.398 e. The molecule has 3 N–H and O–H groups in total. The summed E-state index contributed by atoms with van der Waals surface area (Å²) in [6, 6.07) is 9.81. The summed E-state index contributed by atoms with van der Waals surface area (Å²) in [5, 5.41) is 2.43. The average molecular weight is 463 g/mol. The SMILES string of the molecule is Cn1c(=O)n(CC(C)(C)C)c2ccc(-c3cc(CN4CCc5o[nH]c(=O)c5C4)ccc3N)nc21. The number of imidazole rings is 1. The predicted octanol–water partition coefficient (Wildman–Crippen LogP) is 2.87. The molecule has 0 radical (unpaired) electrons. The van der Waals surface area contributed by atoms with Gasteiger partial charge in [-0.2, -0.15) is 5.16 Å². The number of fused-ring (bicyclic) bond motifs is 2. The number of hydrogen-bond acceptors (Lipinski definition) is 6. The molecular formula is C25H30N6O3. The first-order valence-electron chi connectivity index (χ1n) is 11.5. The standard InChI is InChI=1S/C25H30N6O3/c1-25(2,3)14-31-20-8-7-19(27-22(20)29(4)24(31)33)16-11-15(5-6-18(16)26)12-30-10-9-21-17(13-30)23(32)28-34-21/h5-8,11H,9-10,12-14,26H2,1-4H3,(H,28,32). The van der Waals surface area contributed by atoms with Gasteiger partial charge in [-0.05, 0) is 35.2 Å². The van der Waals surface area contributed by atoms with Gasteiger partial charge in [0.05, 0.1) is 16.8 Å². The molecular weight excluding hydrogens is 432 g/mol. The molecule has 0 unspecified atom stereocenters. The zero-order chi connectivity index (χ0) is 24.2. The Morgan fingerprint density at radius 2 is 1.97 bits per heavy atom. The molecule has 0 saturated heterocycles. The Morgan fingerprint density at radius 3 is 2.74 bits per heavy atom. The number of nitrogens with one attached hydrogen (secondary N) is 1. The smallest absolute Gasteiger partial charge is 0.330 e. The van der Waals surface area contributed by atoms with Crippen LogP contribution >= 0.6 is 0 Å². The topological polar surface area (TPSA) is 115 Å². The van der Waals surface area contributed by atoms with E-state index in [4.69, 9.17) is 15.2 Å². The molecule has 9 heteroatoms. The van der Waals surface area contributed by atoms with Crippen molar-refractivity contribution >= 4 is 16.9 Å². The quantitative estimate of drug-likeness (QED) is 0.451. The second kappa shape index (κ2) is 8.02. The van der Waals surface area contributed by atoms with Gasteiger partial charge < -0.3 is 10.3 Å². The van der Waals surface area contributed by atoms with Gasteiger partial charge in [0.1, 0.15) is 5.76 Å². The number of H-pyrrole nitrogens is 1. The van der Waals surface area contributed by atoms with E-state index < -0.39 is 0 Å². The number of aromatic amines is 1. The van der Waals surface area contributed by atoms with E-state index in [1.165, 1.54) is 0 Å². The summed E-state index contributed by atoms with van der Waals surface area (Å²) in [5.41, 5.74) is 11.5. The molecule has 1 aliphatic rings. The molecule has 0 fully saturated rings. The van der Waals surface area contributed by atoms with Crippen LogP contribution in [0.25, 0.3) is 22.4 Å². The minimum Gasteiger partial charge on any atom is -0.398 e. The summed E-state index contributed by atoms with van der Waals surface area (Å²) >= 11 is 0. The number of nitrogen functional groups attached to an aromatic ring is 1. The van der Waals surface area contributed by atoms with Gasteiger partial charge in [-0.3, -0.25) is 18.8 Å². The van der Waals surface area contributed by atoms with Crippen molar-refractivity contribution in [3.8, 4) is 11.3 Å². The number of aromatic nitrogens is 4. The Kier molecular flexibility index (Phi) is 5.24. The monoisotopic (exact) mass is 462 g/mol. The molecule has 0 bridgehead atoms. The van der Waals surface area contributed by atoms with Gasteiger partial charge in [-0.15, -0.1) is 0 Å². The number of rotatable bonds is 4. The lowest BCUT2D eigenvalue weighted by Gasteiger charge is -2.25. The molecule has 9 nitrogen and oxygen atoms in total. The van der Waals surface area contributed by atoms with Crippen LogP contribution in [-0.2, 0) is 33.1 Å². The van der Waals surface area contributed by atoms with E-state index in [0.29, 0.717) is 43.0 Å². The van der Waals surface area contributed by atoms with Crippen molar-refractivity contribution in [2.24, 2.45) is 12.5 Å². The van der Waals surface area contributed by atoms with E-state index in [2.05, 4.69) is 30.8 Å². The predicted molar refractivity (Wildman–Crippen MR) is 131 cm³/mol. The van der Waals surface area contributed by atoms with Gasteiger partial charge in [0.15, 0.2) is 5.65 Å². The lowest BCUT2D eigenvalue weighted by Crippen LogP contribution is -2.31. The fraction of sp³-hybridized carbons (Fsp3) is 0.400. The van der Waals surface area contributed by atoms with Crippen molar-refractivity contribution in [3.63, 3.8) is 0 Å². The van der Waals surface area contributed by atoms with Crippen LogP contribution in [0.15, 0.2) is 44.4 Å². The van der Waals surface area contributed by atoms with Gasteiger partial charge in [0, 0.05) is 50.9 Å². The van der Waals surface area contributed by atoms with E-state index in [1.807, 2.05) is 30.3 Å². The summed E-state index contributed by atoms with van der Waals surface area (Å²) in [7, 11) is 1.75. The molecule has 34 heavy (non-hydrogen) atoms. The van der Waals surface area contributed by atoms with E-state index in [-0.39, 0.29) is 16.7 Å². The normalized spacial score (nSPS) is 14.6. The summed E-state index contributed by atoms with van der Waals surface area (Å²) in [6.45, 7) is 8.98. The Hall–Kier alpha value is -3.59. The van der Waals surface area contributed by atoms with Gasteiger partial charge >= 0.3 is 5.69 Å². The minimum absolute atomic E-state index is 0.0356. The van der Waals surface area contributed by atoms with Crippen molar-refractivity contribution in [2.45, 2.75) is 46.8 Å². The van der Waals surface area contributed by atoms with Crippen LogP contribution < -0.4 is 17.0 Å². The first-order chi connectivity index (χ1) is 16.1. The first kappa shape index (κ1) is 22.2. The summed E-state index contributed by atoms with van der Waals surface area (Å²) < 4.78 is 8.63. The highest BCUT2D eigenvalue weighted by Gasteiger charge is 2.23. The maximum atomic E-state index is 12.9. The minimum atomic E-state index is -0.154. The number of aryl methyl sites for hydroxylation is 1. The molecule has 0 atom stereocenters. The Balaban J connectivity index is 1.47. The fourth-order valence-electron chi connectivity index (χ4n) is 4.65. The number of pyridine rings is 1. The van der Waals surface area contributed by atoms with E-state index in [0.717, 1.165) is 34.6 Å². The third-order valence-corrected chi connectivity index (χ3v) is 6.33. The zero-order valence-electron chi connectivity index (χ0n) is 20.0. The van der Waals surface area contributed by atoms with Crippen LogP contribution in [0, 0.1) is 5.41 Å². The average Bonchev–Trinajstić information content (AvgIpc) is 3.27. The summed E-state index contributed by atoms with van der Waals surface area (Å²) in [6.07, 6.45) is 0.702. The van der Waals surface area contributed by atoms with Gasteiger partial charge in [-0.1, -0.05) is 26.8 Å². The molecule has 1 aromatic carbocycles. The number of benzene rings is 1. The first-order valence-corrected chi connectivity index (χ1v) is 11.5. The Labute approximate surface area is 196 Å². The Morgan fingerprint density at radius 1 is 1.18 bits per heavy atom. The highest BCUT2D eigenvalue weighted by Crippen LogP contribution is 2.29. The van der Waals surface area contributed by atoms with Crippen LogP contribution in [0.4, 0.5) is 5.69 Å². The van der Waals surface area contributed by atoms with E-state index in [9.17, 15) is 9.59 Å². The highest BCUT2D eigenvalue weighted by molar-refractivity contribution is 5.80. The molecule has 178 valence electrons. The zero-order valence-corrected chi connectivity index (χ0v) is 20.0. The third kappa shape index (κ3) is 3.96. The van der Waals surface area contributed by atoms with Crippen LogP contribution in [0.3, 0.4) is 0 Å². The lowest BCUT2D eigenvalue weighted by molar-refractivity contribution is 0.228. The highest BCUT2D eigenvalue weighted by atomic mass is 16.5. The fourth-order valence-corrected chi connectivity index (χ4v) is 4.65. The number of nitrogens with two attached hydrogens (primary N) is 1. The number of anilines is 1. The van der Waals surface area contributed by atoms with Crippen LogP contribution in [0.5, 0.6) is 0 Å². The molecule has 0 spiro atoms. The van der Waals surface area contributed by atoms with Crippen molar-refractivity contribution in [1.29, 1.82) is 0 Å². The van der Waals surface area contributed by atoms with Crippen molar-refractivity contribution in [2.75, 3.05) is 12.3 Å². The summed E-state index contributed by atoms with van der Waals surface area (Å²) in [5.74, 6) is 0.751. The van der Waals surface area contributed by atoms with Crippen LogP contribution in [0.1, 0.15) is 37.7 Å². The Bertz CT molecular complexity index is 1500. The molecule has 4 aromatic rings. The molecule has 3 aromatic heterocycles. The maximum absolute atomic E-state index is 12.9. The molecule has 0 aliphatic carbocycles. The molecule has 0 amide bonds. The number of nitrogens with zero attached hydrogens (tertiary/aromatic N) is 4. The lowest BCUT2D eigenvalue weighted by atomic mass is 9.97. The van der Waals surface area contributed by atoms with Crippen LogP contribution in [0.2, 0.25) is 0 Å².